The first kappa shape index (κ1) is 24.7. The number of methoxy groups -OCH3 is 2. The zero-order valence-electron chi connectivity index (χ0n) is 20.2. The van der Waals surface area contributed by atoms with E-state index < -0.39 is 29.9 Å². The van der Waals surface area contributed by atoms with Crippen molar-refractivity contribution in [2.24, 2.45) is 0 Å². The summed E-state index contributed by atoms with van der Waals surface area (Å²) < 4.78 is 9.98. The maximum absolute atomic E-state index is 13.8. The van der Waals surface area contributed by atoms with Gasteiger partial charge in [-0.1, -0.05) is 36.4 Å². The van der Waals surface area contributed by atoms with E-state index in [1.807, 2.05) is 37.3 Å². The summed E-state index contributed by atoms with van der Waals surface area (Å²) in [4.78, 5) is 54.8. The number of nitrogens with zero attached hydrogens (tertiary/aromatic N) is 2. The molecule has 0 N–H and O–H groups in total. The van der Waals surface area contributed by atoms with Gasteiger partial charge in [0.1, 0.15) is 11.8 Å². The van der Waals surface area contributed by atoms with Gasteiger partial charge >= 0.3 is 5.97 Å². The molecule has 0 bridgehead atoms. The predicted octanol–water partition coefficient (Wildman–Crippen LogP) is 4.02. The molecule has 0 aliphatic carbocycles. The largest absolute Gasteiger partial charge is 0.497 e. The van der Waals surface area contributed by atoms with Gasteiger partial charge in [0.25, 0.3) is 11.8 Å². The van der Waals surface area contributed by atoms with E-state index in [1.54, 1.807) is 24.3 Å². The maximum atomic E-state index is 13.8. The number of benzene rings is 3. The molecule has 1 heterocycles. The third-order valence-electron chi connectivity index (χ3n) is 6.26. The van der Waals surface area contributed by atoms with Gasteiger partial charge < -0.3 is 14.4 Å². The van der Waals surface area contributed by atoms with Crippen molar-refractivity contribution in [3.63, 3.8) is 0 Å². The minimum atomic E-state index is -1.01. The molecular formula is C28H26N2O6. The summed E-state index contributed by atoms with van der Waals surface area (Å²) >= 11 is 0. The van der Waals surface area contributed by atoms with Crippen molar-refractivity contribution in [3.8, 4) is 5.75 Å². The van der Waals surface area contributed by atoms with Crippen molar-refractivity contribution in [1.29, 1.82) is 0 Å². The van der Waals surface area contributed by atoms with Crippen LogP contribution >= 0.6 is 0 Å². The van der Waals surface area contributed by atoms with Crippen LogP contribution in [0.15, 0.2) is 78.9 Å². The van der Waals surface area contributed by atoms with Crippen LogP contribution in [0.25, 0.3) is 0 Å². The average molecular weight is 487 g/mol. The molecule has 4 rings (SSSR count). The number of carbonyl (C=O) groups excluding carboxylic acids is 4. The topological polar surface area (TPSA) is 93.2 Å². The fraction of sp³-hybridized carbons (Fsp3) is 0.214. The molecule has 0 spiro atoms. The van der Waals surface area contributed by atoms with E-state index in [4.69, 9.17) is 9.47 Å². The zero-order valence-corrected chi connectivity index (χ0v) is 20.2. The highest BCUT2D eigenvalue weighted by Crippen LogP contribution is 2.33. The number of carbonyl (C=O) groups is 4. The number of anilines is 1. The first-order valence-electron chi connectivity index (χ1n) is 11.4. The van der Waals surface area contributed by atoms with Crippen LogP contribution in [0.1, 0.15) is 45.7 Å². The van der Waals surface area contributed by atoms with E-state index in [0.717, 1.165) is 10.5 Å². The third kappa shape index (κ3) is 4.70. The molecule has 2 unspecified atom stereocenters. The highest BCUT2D eigenvalue weighted by atomic mass is 16.5. The molecular weight excluding hydrogens is 460 g/mol. The summed E-state index contributed by atoms with van der Waals surface area (Å²) in [7, 11) is 2.78. The standard InChI is InChI=1S/C28H26N2O6/c1-18(19-8-5-4-6-9-19)29(26(32)21-10-7-11-23(16-21)35-2)24-17-25(31)30(27(24)33)22-14-12-20(13-15-22)28(34)36-3/h4-16,18,24H,17H2,1-3H3. The van der Waals surface area contributed by atoms with Gasteiger partial charge in [-0.05, 0) is 55.0 Å². The highest BCUT2D eigenvalue weighted by Gasteiger charge is 2.46. The zero-order chi connectivity index (χ0) is 25.8. The SMILES string of the molecule is COC(=O)c1ccc(N2C(=O)CC(N(C(=O)c3cccc(OC)c3)C(C)c3ccccc3)C2=O)cc1. The van der Waals surface area contributed by atoms with E-state index in [2.05, 4.69) is 0 Å². The third-order valence-corrected chi connectivity index (χ3v) is 6.26. The monoisotopic (exact) mass is 486 g/mol. The van der Waals surface area contributed by atoms with Crippen LogP contribution in [0.4, 0.5) is 5.69 Å². The number of imide groups is 1. The Hall–Kier alpha value is -4.46. The number of esters is 1. The molecule has 1 saturated heterocycles. The summed E-state index contributed by atoms with van der Waals surface area (Å²) in [6, 6.07) is 20.5. The molecule has 3 amide bonds. The molecule has 36 heavy (non-hydrogen) atoms. The quantitative estimate of drug-likeness (QED) is 0.370. The summed E-state index contributed by atoms with van der Waals surface area (Å²) in [6.07, 6.45) is -0.162. The molecule has 2 atom stereocenters. The Labute approximate surface area is 209 Å². The Morgan fingerprint density at radius 1 is 0.917 bits per heavy atom. The molecule has 8 heteroatoms. The number of rotatable bonds is 7. The Balaban J connectivity index is 1.71. The molecule has 0 saturated carbocycles. The van der Waals surface area contributed by atoms with E-state index in [1.165, 1.54) is 43.4 Å². The smallest absolute Gasteiger partial charge is 0.337 e. The van der Waals surface area contributed by atoms with Crippen molar-refractivity contribution >= 4 is 29.4 Å². The van der Waals surface area contributed by atoms with Crippen LogP contribution < -0.4 is 9.64 Å². The van der Waals surface area contributed by atoms with E-state index in [0.29, 0.717) is 22.6 Å². The molecule has 3 aromatic rings. The van der Waals surface area contributed by atoms with Crippen LogP contribution in [0.3, 0.4) is 0 Å². The molecule has 0 aromatic heterocycles. The van der Waals surface area contributed by atoms with Gasteiger partial charge in [0, 0.05) is 5.56 Å². The first-order valence-corrected chi connectivity index (χ1v) is 11.4. The van der Waals surface area contributed by atoms with Crippen LogP contribution in [0.5, 0.6) is 5.75 Å². The fourth-order valence-electron chi connectivity index (χ4n) is 4.35. The summed E-state index contributed by atoms with van der Waals surface area (Å²) in [5, 5.41) is 0. The number of hydrogen-bond donors (Lipinski definition) is 0. The van der Waals surface area contributed by atoms with Gasteiger partial charge in [-0.25, -0.2) is 9.69 Å². The van der Waals surface area contributed by atoms with Gasteiger partial charge in [0.2, 0.25) is 5.91 Å². The molecule has 1 aliphatic rings. The molecule has 3 aromatic carbocycles. The molecule has 1 fully saturated rings. The van der Waals surface area contributed by atoms with Crippen LogP contribution in [0, 0.1) is 0 Å². The van der Waals surface area contributed by atoms with Crippen molar-refractivity contribution < 1.29 is 28.7 Å². The van der Waals surface area contributed by atoms with Gasteiger partial charge in [0.05, 0.1) is 37.9 Å². The lowest BCUT2D eigenvalue weighted by Crippen LogP contribution is -2.46. The van der Waals surface area contributed by atoms with Crippen LogP contribution in [0.2, 0.25) is 0 Å². The number of hydrogen-bond acceptors (Lipinski definition) is 6. The van der Waals surface area contributed by atoms with E-state index >= 15 is 0 Å². The normalized spacial score (nSPS) is 16.0. The molecule has 8 nitrogen and oxygen atoms in total. The van der Waals surface area contributed by atoms with Crippen molar-refractivity contribution in [2.75, 3.05) is 19.1 Å². The Morgan fingerprint density at radius 2 is 1.61 bits per heavy atom. The fourth-order valence-corrected chi connectivity index (χ4v) is 4.35. The average Bonchev–Trinajstić information content (AvgIpc) is 3.21. The first-order chi connectivity index (χ1) is 17.3. The molecule has 0 radical (unpaired) electrons. The minimum absolute atomic E-state index is 0.162. The highest BCUT2D eigenvalue weighted by molar-refractivity contribution is 6.23. The Morgan fingerprint density at radius 3 is 2.25 bits per heavy atom. The van der Waals surface area contributed by atoms with Gasteiger partial charge in [0.15, 0.2) is 0 Å². The summed E-state index contributed by atoms with van der Waals surface area (Å²) in [5.41, 5.74) is 1.79. The van der Waals surface area contributed by atoms with Crippen molar-refractivity contribution in [3.05, 3.63) is 95.6 Å². The summed E-state index contributed by atoms with van der Waals surface area (Å²) in [5.74, 6) is -1.34. The predicted molar refractivity (Wildman–Crippen MR) is 133 cm³/mol. The van der Waals surface area contributed by atoms with E-state index in [9.17, 15) is 19.2 Å². The van der Waals surface area contributed by atoms with Crippen LogP contribution in [-0.2, 0) is 14.3 Å². The van der Waals surface area contributed by atoms with Gasteiger partial charge in [-0.2, -0.15) is 0 Å². The van der Waals surface area contributed by atoms with Crippen LogP contribution in [-0.4, -0.2) is 48.9 Å². The lowest BCUT2D eigenvalue weighted by Gasteiger charge is -2.33. The second-order valence-electron chi connectivity index (χ2n) is 8.36. The van der Waals surface area contributed by atoms with E-state index in [-0.39, 0.29) is 12.3 Å². The molecule has 184 valence electrons. The number of amides is 3. The summed E-state index contributed by atoms with van der Waals surface area (Å²) in [6.45, 7) is 1.83. The lowest BCUT2D eigenvalue weighted by molar-refractivity contribution is -0.122. The van der Waals surface area contributed by atoms with Gasteiger partial charge in [-0.3, -0.25) is 14.4 Å². The minimum Gasteiger partial charge on any atom is -0.497 e. The second-order valence-corrected chi connectivity index (χ2v) is 8.36. The van der Waals surface area contributed by atoms with Gasteiger partial charge in [-0.15, -0.1) is 0 Å². The second kappa shape index (κ2) is 10.4. The van der Waals surface area contributed by atoms with Crippen molar-refractivity contribution in [1.82, 2.24) is 4.90 Å². The Bertz CT molecular complexity index is 1290. The molecule has 1 aliphatic heterocycles. The lowest BCUT2D eigenvalue weighted by atomic mass is 10.0. The Kier molecular flexibility index (Phi) is 7.15. The number of ether oxygens (including phenoxy) is 2. The maximum Gasteiger partial charge on any atom is 0.337 e. The van der Waals surface area contributed by atoms with Crippen molar-refractivity contribution in [2.45, 2.75) is 25.4 Å².